The Labute approximate surface area is 125 Å². The predicted octanol–water partition coefficient (Wildman–Crippen LogP) is 2.75. The highest BCUT2D eigenvalue weighted by atomic mass is 127. The molecule has 0 spiro atoms. The van der Waals surface area contributed by atoms with Crippen molar-refractivity contribution in [3.63, 3.8) is 0 Å². The summed E-state index contributed by atoms with van der Waals surface area (Å²) >= 11 is 2.16. The number of benzene rings is 2. The molecule has 0 unspecified atom stereocenters. The summed E-state index contributed by atoms with van der Waals surface area (Å²) in [7, 11) is 0. The summed E-state index contributed by atoms with van der Waals surface area (Å²) < 4.78 is 1.01. The van der Waals surface area contributed by atoms with Crippen molar-refractivity contribution < 1.29 is 9.90 Å². The molecule has 2 rings (SSSR count). The van der Waals surface area contributed by atoms with Crippen molar-refractivity contribution in [2.75, 3.05) is 6.61 Å². The Morgan fingerprint density at radius 3 is 2.53 bits per heavy atom. The average Bonchev–Trinajstić information content (AvgIpc) is 2.45. The maximum atomic E-state index is 12.1. The maximum absolute atomic E-state index is 12.1. The van der Waals surface area contributed by atoms with E-state index in [1.807, 2.05) is 48.5 Å². The molecule has 0 aromatic heterocycles. The average molecular weight is 367 g/mol. The van der Waals surface area contributed by atoms with E-state index in [0.717, 1.165) is 9.13 Å². The van der Waals surface area contributed by atoms with Gasteiger partial charge in [-0.3, -0.25) is 4.79 Å². The van der Waals surface area contributed by atoms with Crippen molar-refractivity contribution in [1.29, 1.82) is 0 Å². The fourth-order valence-corrected chi connectivity index (χ4v) is 2.33. The van der Waals surface area contributed by atoms with Crippen LogP contribution >= 0.6 is 22.6 Å². The normalized spacial score (nSPS) is 11.9. The number of hydrogen-bond acceptors (Lipinski definition) is 2. The van der Waals surface area contributed by atoms with Gasteiger partial charge in [-0.1, -0.05) is 36.4 Å². The maximum Gasteiger partial charge on any atom is 0.251 e. The van der Waals surface area contributed by atoms with Crippen molar-refractivity contribution in [2.24, 2.45) is 0 Å². The number of rotatable bonds is 4. The van der Waals surface area contributed by atoms with Gasteiger partial charge in [0.25, 0.3) is 5.91 Å². The number of halogens is 1. The minimum Gasteiger partial charge on any atom is -0.394 e. The first kappa shape index (κ1) is 14.0. The molecule has 0 aliphatic heterocycles. The van der Waals surface area contributed by atoms with Crippen molar-refractivity contribution in [1.82, 2.24) is 5.32 Å². The summed E-state index contributed by atoms with van der Waals surface area (Å²) in [5.74, 6) is -0.179. The van der Waals surface area contributed by atoms with Crippen LogP contribution in [0.4, 0.5) is 0 Å². The minimum absolute atomic E-state index is 0.125. The van der Waals surface area contributed by atoms with Gasteiger partial charge < -0.3 is 10.4 Å². The molecule has 2 aromatic rings. The molecule has 0 saturated heterocycles. The van der Waals surface area contributed by atoms with Crippen LogP contribution < -0.4 is 5.32 Å². The van der Waals surface area contributed by atoms with E-state index < -0.39 is 0 Å². The highest BCUT2D eigenvalue weighted by Gasteiger charge is 2.14. The lowest BCUT2D eigenvalue weighted by Crippen LogP contribution is -2.30. The van der Waals surface area contributed by atoms with Gasteiger partial charge in [-0.05, 0) is 46.4 Å². The third-order valence-electron chi connectivity index (χ3n) is 2.78. The molecule has 0 radical (unpaired) electrons. The first-order valence-corrected chi connectivity index (χ1v) is 7.01. The van der Waals surface area contributed by atoms with Gasteiger partial charge >= 0.3 is 0 Å². The molecule has 2 aromatic carbocycles. The van der Waals surface area contributed by atoms with Crippen LogP contribution in [0, 0.1) is 3.57 Å². The molecule has 0 saturated carbocycles. The van der Waals surface area contributed by atoms with E-state index in [0.29, 0.717) is 5.56 Å². The summed E-state index contributed by atoms with van der Waals surface area (Å²) in [6, 6.07) is 16.4. The number of aliphatic hydroxyl groups is 1. The second kappa shape index (κ2) is 6.68. The fourth-order valence-electron chi connectivity index (χ4n) is 1.79. The second-order valence-corrected chi connectivity index (χ2v) is 5.38. The third-order valence-corrected chi connectivity index (χ3v) is 3.45. The van der Waals surface area contributed by atoms with Crippen molar-refractivity contribution in [2.45, 2.75) is 6.04 Å². The number of carbonyl (C=O) groups is 1. The molecule has 0 aliphatic rings. The largest absolute Gasteiger partial charge is 0.394 e. The Hall–Kier alpha value is -1.40. The van der Waals surface area contributed by atoms with Gasteiger partial charge in [0.05, 0.1) is 12.6 Å². The first-order valence-electron chi connectivity index (χ1n) is 5.93. The van der Waals surface area contributed by atoms with Crippen LogP contribution in [0.2, 0.25) is 0 Å². The van der Waals surface area contributed by atoms with Crippen molar-refractivity contribution in [3.8, 4) is 0 Å². The third kappa shape index (κ3) is 3.78. The topological polar surface area (TPSA) is 49.3 Å². The van der Waals surface area contributed by atoms with Gasteiger partial charge in [0.15, 0.2) is 0 Å². The molecular weight excluding hydrogens is 353 g/mol. The number of amides is 1. The van der Waals surface area contributed by atoms with Gasteiger partial charge in [0, 0.05) is 9.13 Å². The molecule has 1 atom stereocenters. The molecular formula is C15H14INO2. The molecule has 0 heterocycles. The SMILES string of the molecule is O=C(N[C@H](CO)c1ccccc1)c1cccc(I)c1. The number of nitrogens with one attached hydrogen (secondary N) is 1. The zero-order chi connectivity index (χ0) is 13.7. The van der Waals surface area contributed by atoms with E-state index in [1.165, 1.54) is 0 Å². The molecule has 0 bridgehead atoms. The zero-order valence-electron chi connectivity index (χ0n) is 10.2. The Morgan fingerprint density at radius 2 is 1.89 bits per heavy atom. The van der Waals surface area contributed by atoms with Crippen molar-refractivity contribution >= 4 is 28.5 Å². The smallest absolute Gasteiger partial charge is 0.251 e. The summed E-state index contributed by atoms with van der Waals surface area (Å²) in [5, 5.41) is 12.2. The van der Waals surface area contributed by atoms with E-state index in [9.17, 15) is 9.90 Å². The Kier molecular flexibility index (Phi) is 4.93. The lowest BCUT2D eigenvalue weighted by molar-refractivity contribution is 0.0916. The molecule has 4 heteroatoms. The van der Waals surface area contributed by atoms with Crippen LogP contribution in [-0.4, -0.2) is 17.6 Å². The molecule has 3 nitrogen and oxygen atoms in total. The van der Waals surface area contributed by atoms with Gasteiger partial charge in [-0.15, -0.1) is 0 Å². The number of hydrogen-bond donors (Lipinski definition) is 2. The van der Waals surface area contributed by atoms with E-state index >= 15 is 0 Å². The standard InChI is InChI=1S/C15H14INO2/c16-13-8-4-7-12(9-13)15(19)17-14(10-18)11-5-2-1-3-6-11/h1-9,14,18H,10H2,(H,17,19)/t14-/m1/s1. The minimum atomic E-state index is -0.383. The Morgan fingerprint density at radius 1 is 1.16 bits per heavy atom. The Balaban J connectivity index is 2.13. The lowest BCUT2D eigenvalue weighted by Gasteiger charge is -2.16. The second-order valence-electron chi connectivity index (χ2n) is 4.13. The molecule has 19 heavy (non-hydrogen) atoms. The molecule has 0 aliphatic carbocycles. The Bertz CT molecular complexity index is 557. The first-order chi connectivity index (χ1) is 9.20. The monoisotopic (exact) mass is 367 g/mol. The van der Waals surface area contributed by atoms with Gasteiger partial charge in [0.1, 0.15) is 0 Å². The summed E-state index contributed by atoms with van der Waals surface area (Å²) in [5.41, 5.74) is 1.49. The lowest BCUT2D eigenvalue weighted by atomic mass is 10.1. The van der Waals surface area contributed by atoms with Crippen LogP contribution in [0.15, 0.2) is 54.6 Å². The highest BCUT2D eigenvalue weighted by Crippen LogP contribution is 2.14. The zero-order valence-corrected chi connectivity index (χ0v) is 12.4. The van der Waals surface area contributed by atoms with Gasteiger partial charge in [-0.2, -0.15) is 0 Å². The van der Waals surface area contributed by atoms with Crippen LogP contribution in [0.5, 0.6) is 0 Å². The van der Waals surface area contributed by atoms with Crippen molar-refractivity contribution in [3.05, 3.63) is 69.3 Å². The van der Waals surface area contributed by atoms with Gasteiger partial charge in [0.2, 0.25) is 0 Å². The summed E-state index contributed by atoms with van der Waals surface area (Å²) in [6.45, 7) is -0.125. The van der Waals surface area contributed by atoms with E-state index in [1.54, 1.807) is 6.07 Å². The fraction of sp³-hybridized carbons (Fsp3) is 0.133. The number of carbonyl (C=O) groups excluding carboxylic acids is 1. The van der Waals surface area contributed by atoms with E-state index in [2.05, 4.69) is 27.9 Å². The molecule has 2 N–H and O–H groups in total. The van der Waals surface area contributed by atoms with Crippen LogP contribution in [-0.2, 0) is 0 Å². The number of aliphatic hydroxyl groups excluding tert-OH is 1. The molecule has 1 amide bonds. The predicted molar refractivity (Wildman–Crippen MR) is 82.9 cm³/mol. The van der Waals surface area contributed by atoms with E-state index in [4.69, 9.17) is 0 Å². The summed E-state index contributed by atoms with van der Waals surface area (Å²) in [6.07, 6.45) is 0. The van der Waals surface area contributed by atoms with Crippen LogP contribution in [0.3, 0.4) is 0 Å². The van der Waals surface area contributed by atoms with Gasteiger partial charge in [-0.25, -0.2) is 0 Å². The highest BCUT2D eigenvalue weighted by molar-refractivity contribution is 14.1. The van der Waals surface area contributed by atoms with E-state index in [-0.39, 0.29) is 18.6 Å². The quantitative estimate of drug-likeness (QED) is 0.817. The summed E-state index contributed by atoms with van der Waals surface area (Å²) in [4.78, 5) is 12.1. The molecule has 0 fully saturated rings. The van der Waals surface area contributed by atoms with Crippen LogP contribution in [0.25, 0.3) is 0 Å². The molecule has 98 valence electrons. The van der Waals surface area contributed by atoms with Crippen LogP contribution in [0.1, 0.15) is 22.0 Å².